The Morgan fingerprint density at radius 2 is 0.461 bits per heavy atom. The van der Waals surface area contributed by atoms with E-state index in [0.717, 1.165) is 77.9 Å². The number of fused-ring (bicyclic) bond motifs is 2. The quantitative estimate of drug-likeness (QED) is 0.128. The summed E-state index contributed by atoms with van der Waals surface area (Å²) >= 11 is 0. The molecule has 0 spiro atoms. The molecule has 0 bridgehead atoms. The molecule has 0 aliphatic heterocycles. The van der Waals surface area contributed by atoms with Crippen LogP contribution in [0.2, 0.25) is 0 Å². The molecule has 0 amide bonds. The smallest absolute Gasteiger partial charge is 0.163 e. The number of nitrogens with zero attached hydrogens (tertiary/aromatic N) is 12. The molecule has 1 aliphatic carbocycles. The summed E-state index contributed by atoms with van der Waals surface area (Å²) in [5.74, 6) is 4.11. The summed E-state index contributed by atoms with van der Waals surface area (Å²) in [5, 5.41) is 0. The van der Waals surface area contributed by atoms with Crippen LogP contribution in [0.25, 0.3) is 91.1 Å². The molecule has 0 N–H and O–H groups in total. The van der Waals surface area contributed by atoms with Crippen molar-refractivity contribution >= 4 is 0 Å². The highest BCUT2D eigenvalue weighted by Gasteiger charge is 2.49. The maximum atomic E-state index is 5.16. The predicted octanol–water partition coefficient (Wildman–Crippen LogP) is 12.8. The third-order valence-electron chi connectivity index (χ3n) is 14.2. The lowest BCUT2D eigenvalue weighted by Crippen LogP contribution is -2.42. The number of hydrogen-bond acceptors (Lipinski definition) is 12. The molecule has 4 heterocycles. The average molecular weight is 981 g/mol. The van der Waals surface area contributed by atoms with Gasteiger partial charge in [0.2, 0.25) is 0 Å². The van der Waals surface area contributed by atoms with E-state index in [4.69, 9.17) is 39.9 Å². The normalized spacial score (nSPS) is 13.1. The van der Waals surface area contributed by atoms with Crippen LogP contribution in [0.1, 0.15) is 47.2 Å². The lowest BCUT2D eigenvalue weighted by Gasteiger charge is -2.48. The van der Waals surface area contributed by atoms with E-state index in [9.17, 15) is 0 Å². The van der Waals surface area contributed by atoms with E-state index in [-0.39, 0.29) is 0 Å². The topological polar surface area (TPSA) is 155 Å². The van der Waals surface area contributed by atoms with Crippen molar-refractivity contribution in [2.24, 2.45) is 0 Å². The van der Waals surface area contributed by atoms with Crippen molar-refractivity contribution in [2.75, 3.05) is 0 Å². The first-order valence-electron chi connectivity index (χ1n) is 24.9. The zero-order chi connectivity index (χ0) is 51.1. The molecule has 1 aliphatic rings. The summed E-state index contributed by atoms with van der Waals surface area (Å²) in [6, 6.07) is 70.2. The fraction of sp³-hybridized carbons (Fsp3) is 0.0625. The Morgan fingerprint density at radius 1 is 0.237 bits per heavy atom. The second-order valence-corrected chi connectivity index (χ2v) is 19.1. The van der Waals surface area contributed by atoms with Gasteiger partial charge >= 0.3 is 0 Å². The van der Waals surface area contributed by atoms with Crippen LogP contribution in [-0.2, 0) is 10.8 Å². The molecule has 13 rings (SSSR count). The van der Waals surface area contributed by atoms with Gasteiger partial charge in [-0.2, -0.15) is 0 Å². The average Bonchev–Trinajstić information content (AvgIpc) is 3.54. The minimum Gasteiger partial charge on any atom is -0.217 e. The van der Waals surface area contributed by atoms with Crippen LogP contribution in [0, 0.1) is 0 Å². The van der Waals surface area contributed by atoms with Gasteiger partial charge in [-0.3, -0.25) is 0 Å². The Hall–Kier alpha value is -10.2. The zero-order valence-electron chi connectivity index (χ0n) is 41.3. The molecule has 8 aromatic carbocycles. The predicted molar refractivity (Wildman–Crippen MR) is 294 cm³/mol. The number of benzene rings is 8. The van der Waals surface area contributed by atoms with Crippen LogP contribution >= 0.6 is 0 Å². The first kappa shape index (κ1) is 45.6. The molecule has 0 fully saturated rings. The standard InChI is InChI=1S/C64H44N12/c1-63(2)51-27-15-17-29-53(51)64(54-30-18-16-28-52(54)63,49-33-45(59-69-37-65-55(73-59)41-19-7-3-8-20-41)31-46(34-49)60-70-38-66-56(74-60)42-21-9-4-10-22-42)50-35-47(61-71-39-67-57(75-61)43-23-11-5-12-24-43)32-48(36-50)62-72-40-68-58(76-62)44-25-13-6-14-26-44/h3-40H,1-2H3. The first-order valence-corrected chi connectivity index (χ1v) is 24.9. The van der Waals surface area contributed by atoms with E-state index < -0.39 is 10.8 Å². The molecular formula is C64H44N12. The minimum absolute atomic E-state index is 0.424. The van der Waals surface area contributed by atoms with E-state index in [0.29, 0.717) is 46.6 Å². The molecule has 0 radical (unpaired) electrons. The van der Waals surface area contributed by atoms with Crippen molar-refractivity contribution in [2.45, 2.75) is 24.7 Å². The van der Waals surface area contributed by atoms with Gasteiger partial charge in [0.15, 0.2) is 46.6 Å². The highest BCUT2D eigenvalue weighted by molar-refractivity contribution is 5.80. The lowest BCUT2D eigenvalue weighted by molar-refractivity contribution is 0.558. The summed E-state index contributed by atoms with van der Waals surface area (Å²) in [6.07, 6.45) is 6.29. The molecule has 76 heavy (non-hydrogen) atoms. The van der Waals surface area contributed by atoms with E-state index >= 15 is 0 Å². The van der Waals surface area contributed by atoms with Gasteiger partial charge in [0.25, 0.3) is 0 Å². The van der Waals surface area contributed by atoms with Crippen LogP contribution in [0.5, 0.6) is 0 Å². The van der Waals surface area contributed by atoms with Crippen molar-refractivity contribution in [1.29, 1.82) is 0 Å². The fourth-order valence-corrected chi connectivity index (χ4v) is 10.6. The largest absolute Gasteiger partial charge is 0.217 e. The molecule has 12 nitrogen and oxygen atoms in total. The van der Waals surface area contributed by atoms with E-state index in [1.54, 1.807) is 25.3 Å². The third kappa shape index (κ3) is 8.14. The summed E-state index contributed by atoms with van der Waals surface area (Å²) in [4.78, 5) is 58.8. The molecular weight excluding hydrogens is 937 g/mol. The Labute approximate surface area is 438 Å². The fourth-order valence-electron chi connectivity index (χ4n) is 10.6. The van der Waals surface area contributed by atoms with Crippen LogP contribution in [-0.4, -0.2) is 59.8 Å². The van der Waals surface area contributed by atoms with Gasteiger partial charge in [-0.05, 0) is 69.8 Å². The molecule has 0 unspecified atom stereocenters. The molecule has 0 atom stereocenters. The van der Waals surface area contributed by atoms with Crippen molar-refractivity contribution in [1.82, 2.24) is 59.8 Å². The SMILES string of the molecule is CC1(C)c2ccccc2C(c2cc(-c3ncnc(-c4ccccc4)n3)cc(-c3ncnc(-c4ccccc4)n3)c2)(c2cc(-c3ncnc(-c4ccccc4)n3)cc(-c3ncnc(-c4ccccc4)n3)c2)c2ccccc21. The number of aromatic nitrogens is 12. The van der Waals surface area contributed by atoms with E-state index in [1.165, 1.54) is 0 Å². The van der Waals surface area contributed by atoms with Crippen LogP contribution < -0.4 is 0 Å². The van der Waals surface area contributed by atoms with E-state index in [2.05, 4.69) is 119 Å². The first-order chi connectivity index (χ1) is 37.4. The molecule has 4 aromatic heterocycles. The second kappa shape index (κ2) is 19.0. The van der Waals surface area contributed by atoms with Crippen LogP contribution in [0.3, 0.4) is 0 Å². The second-order valence-electron chi connectivity index (χ2n) is 19.1. The van der Waals surface area contributed by atoms with Gasteiger partial charge < -0.3 is 0 Å². The van der Waals surface area contributed by atoms with Crippen LogP contribution in [0.15, 0.2) is 232 Å². The van der Waals surface area contributed by atoms with Gasteiger partial charge in [-0.25, -0.2) is 59.8 Å². The highest BCUT2D eigenvalue weighted by Crippen LogP contribution is 2.57. The van der Waals surface area contributed by atoms with E-state index in [1.807, 2.05) is 121 Å². The van der Waals surface area contributed by atoms with Crippen molar-refractivity contribution in [3.05, 3.63) is 265 Å². The Balaban J connectivity index is 1.15. The van der Waals surface area contributed by atoms with Gasteiger partial charge in [-0.15, -0.1) is 0 Å². The Kier molecular flexibility index (Phi) is 11.4. The zero-order valence-corrected chi connectivity index (χ0v) is 41.3. The summed E-state index contributed by atoms with van der Waals surface area (Å²) < 4.78 is 0. The highest BCUT2D eigenvalue weighted by atomic mass is 15.0. The summed E-state index contributed by atoms with van der Waals surface area (Å²) in [5.41, 5.74) is 11.2. The van der Waals surface area contributed by atoms with Gasteiger partial charge in [-0.1, -0.05) is 184 Å². The third-order valence-corrected chi connectivity index (χ3v) is 14.2. The molecule has 0 saturated heterocycles. The van der Waals surface area contributed by atoms with Crippen molar-refractivity contribution < 1.29 is 0 Å². The lowest BCUT2D eigenvalue weighted by atomic mass is 9.54. The van der Waals surface area contributed by atoms with Crippen molar-refractivity contribution in [3.63, 3.8) is 0 Å². The minimum atomic E-state index is -1.08. The monoisotopic (exact) mass is 980 g/mol. The maximum absolute atomic E-state index is 5.16. The molecule has 360 valence electrons. The molecule has 12 aromatic rings. The maximum Gasteiger partial charge on any atom is 0.163 e. The molecule has 12 heteroatoms. The number of hydrogen-bond donors (Lipinski definition) is 0. The summed E-state index contributed by atoms with van der Waals surface area (Å²) in [6.45, 7) is 4.60. The van der Waals surface area contributed by atoms with Gasteiger partial charge in [0, 0.05) is 49.9 Å². The Morgan fingerprint density at radius 3 is 0.724 bits per heavy atom. The molecule has 0 saturated carbocycles. The van der Waals surface area contributed by atoms with Gasteiger partial charge in [0.05, 0.1) is 5.41 Å². The Bertz CT molecular complexity index is 3630. The van der Waals surface area contributed by atoms with Crippen LogP contribution in [0.4, 0.5) is 0 Å². The van der Waals surface area contributed by atoms with Crippen molar-refractivity contribution in [3.8, 4) is 91.1 Å². The number of rotatable bonds is 10. The summed E-state index contributed by atoms with van der Waals surface area (Å²) in [7, 11) is 0. The van der Waals surface area contributed by atoms with Gasteiger partial charge in [0.1, 0.15) is 25.3 Å².